The van der Waals surface area contributed by atoms with Crippen LogP contribution in [0.4, 0.5) is 5.13 Å². The summed E-state index contributed by atoms with van der Waals surface area (Å²) in [6.07, 6.45) is 5.03. The smallest absolute Gasteiger partial charge is 0.233 e. The molecule has 2 aromatic heterocycles. The number of hydrogen-bond acceptors (Lipinski definition) is 6. The van der Waals surface area contributed by atoms with Gasteiger partial charge in [0.15, 0.2) is 5.13 Å². The van der Waals surface area contributed by atoms with E-state index in [2.05, 4.69) is 25.9 Å². The van der Waals surface area contributed by atoms with Crippen LogP contribution in [0.5, 0.6) is 5.75 Å². The Kier molecular flexibility index (Phi) is 4.50. The van der Waals surface area contributed by atoms with Gasteiger partial charge in [-0.3, -0.25) is 4.79 Å². The maximum Gasteiger partial charge on any atom is 0.233 e. The fraction of sp³-hybridized carbons (Fsp3) is 0.381. The summed E-state index contributed by atoms with van der Waals surface area (Å²) in [5, 5.41) is 2.96. The number of benzene rings is 1. The third-order valence-electron chi connectivity index (χ3n) is 5.87. The summed E-state index contributed by atoms with van der Waals surface area (Å²) in [6.45, 7) is 2.69. The molecule has 0 bridgehead atoms. The van der Waals surface area contributed by atoms with E-state index in [0.717, 1.165) is 34.3 Å². The first-order valence-corrected chi connectivity index (χ1v) is 10.6. The number of methoxy groups -OCH3 is 1. The van der Waals surface area contributed by atoms with Crippen LogP contribution in [0.3, 0.4) is 0 Å². The van der Waals surface area contributed by atoms with Gasteiger partial charge in [0.25, 0.3) is 0 Å². The second-order valence-electron chi connectivity index (χ2n) is 7.78. The third-order valence-corrected chi connectivity index (χ3v) is 6.70. The molecule has 7 nitrogen and oxygen atoms in total. The van der Waals surface area contributed by atoms with Crippen molar-refractivity contribution in [1.29, 1.82) is 0 Å². The summed E-state index contributed by atoms with van der Waals surface area (Å²) >= 11 is 1.62. The highest BCUT2D eigenvalue weighted by atomic mass is 32.1. The monoisotopic (exact) mass is 409 g/mol. The number of carbonyl (C=O) groups is 1. The molecule has 0 spiro atoms. The third kappa shape index (κ3) is 3.27. The fourth-order valence-electron chi connectivity index (χ4n) is 4.41. The molecule has 3 aromatic rings. The maximum absolute atomic E-state index is 13.7. The normalized spacial score (nSPS) is 17.6. The van der Waals surface area contributed by atoms with E-state index < -0.39 is 5.41 Å². The number of fused-ring (bicyclic) bond motifs is 1. The van der Waals surface area contributed by atoms with Crippen LogP contribution < -0.4 is 9.64 Å². The molecular formula is C21H23N5O2S. The highest BCUT2D eigenvalue weighted by Gasteiger charge is 2.52. The summed E-state index contributed by atoms with van der Waals surface area (Å²) in [6, 6.07) is 8.03. The number of nitrogens with one attached hydrogen (secondary N) is 1. The lowest BCUT2D eigenvalue weighted by molar-refractivity contribution is -0.145. The standard InChI is InChI=1S/C21H23N5O2S/c1-28-16-4-2-3-15(9-16)10-21(12-26(13-21)20-22-6-8-29-20)19(27)25-7-5-17-18(11-25)24-14-23-17/h2-4,6,8-9,14H,5,7,10-13H2,1H3,(H,23,24). The molecule has 0 radical (unpaired) electrons. The second kappa shape index (κ2) is 7.18. The Morgan fingerprint density at radius 1 is 1.34 bits per heavy atom. The molecule has 1 amide bonds. The zero-order chi connectivity index (χ0) is 19.8. The van der Waals surface area contributed by atoms with Gasteiger partial charge < -0.3 is 19.5 Å². The van der Waals surface area contributed by atoms with Crippen molar-refractivity contribution in [3.05, 3.63) is 59.1 Å². The quantitative estimate of drug-likeness (QED) is 0.701. The van der Waals surface area contributed by atoms with Gasteiger partial charge in [-0.25, -0.2) is 9.97 Å². The van der Waals surface area contributed by atoms with Crippen molar-refractivity contribution in [2.75, 3.05) is 31.6 Å². The van der Waals surface area contributed by atoms with Gasteiger partial charge in [-0.1, -0.05) is 12.1 Å². The van der Waals surface area contributed by atoms with Crippen LogP contribution in [0.25, 0.3) is 0 Å². The second-order valence-corrected chi connectivity index (χ2v) is 8.66. The lowest BCUT2D eigenvalue weighted by Gasteiger charge is -2.51. The van der Waals surface area contributed by atoms with Crippen molar-refractivity contribution in [3.8, 4) is 5.75 Å². The Labute approximate surface area is 173 Å². The van der Waals surface area contributed by atoms with E-state index in [-0.39, 0.29) is 5.91 Å². The van der Waals surface area contributed by atoms with Gasteiger partial charge in [0.2, 0.25) is 5.91 Å². The van der Waals surface area contributed by atoms with Crippen molar-refractivity contribution in [2.45, 2.75) is 19.4 Å². The van der Waals surface area contributed by atoms with E-state index in [0.29, 0.717) is 32.6 Å². The predicted molar refractivity (Wildman–Crippen MR) is 111 cm³/mol. The SMILES string of the molecule is COc1cccc(CC2(C(=O)N3CCc4nc[nH]c4C3)CN(c3nccs3)C2)c1. The predicted octanol–water partition coefficient (Wildman–Crippen LogP) is 2.51. The first-order valence-electron chi connectivity index (χ1n) is 9.75. The summed E-state index contributed by atoms with van der Waals surface area (Å²) < 4.78 is 5.38. The summed E-state index contributed by atoms with van der Waals surface area (Å²) in [5.74, 6) is 1.04. The number of amides is 1. The number of rotatable bonds is 5. The number of aromatic amines is 1. The Morgan fingerprint density at radius 2 is 2.24 bits per heavy atom. The molecule has 1 N–H and O–H groups in total. The van der Waals surface area contributed by atoms with Crippen LogP contribution >= 0.6 is 11.3 Å². The highest BCUT2D eigenvalue weighted by molar-refractivity contribution is 7.13. The minimum atomic E-state index is -0.449. The molecule has 5 rings (SSSR count). The van der Waals surface area contributed by atoms with Crippen molar-refractivity contribution in [1.82, 2.24) is 19.9 Å². The van der Waals surface area contributed by atoms with E-state index >= 15 is 0 Å². The van der Waals surface area contributed by atoms with Crippen LogP contribution in [0.2, 0.25) is 0 Å². The number of carbonyl (C=O) groups excluding carboxylic acids is 1. The van der Waals surface area contributed by atoms with Crippen LogP contribution in [0, 0.1) is 5.41 Å². The fourth-order valence-corrected chi connectivity index (χ4v) is 5.05. The summed E-state index contributed by atoms with van der Waals surface area (Å²) in [5.41, 5.74) is 2.80. The number of H-pyrrole nitrogens is 1. The molecule has 1 saturated heterocycles. The molecule has 2 aliphatic heterocycles. The number of thiazole rings is 1. The zero-order valence-corrected chi connectivity index (χ0v) is 17.1. The average Bonchev–Trinajstić information content (AvgIpc) is 3.41. The molecule has 2 aliphatic rings. The molecule has 0 unspecified atom stereocenters. The van der Waals surface area contributed by atoms with Crippen LogP contribution in [-0.4, -0.2) is 52.5 Å². The highest BCUT2D eigenvalue weighted by Crippen LogP contribution is 2.41. The Bertz CT molecular complexity index is 1010. The molecule has 29 heavy (non-hydrogen) atoms. The molecule has 0 atom stereocenters. The van der Waals surface area contributed by atoms with Crippen molar-refractivity contribution < 1.29 is 9.53 Å². The van der Waals surface area contributed by atoms with Crippen molar-refractivity contribution >= 4 is 22.4 Å². The number of imidazole rings is 1. The van der Waals surface area contributed by atoms with Crippen molar-refractivity contribution in [3.63, 3.8) is 0 Å². The van der Waals surface area contributed by atoms with Gasteiger partial charge in [-0.15, -0.1) is 11.3 Å². The van der Waals surface area contributed by atoms with E-state index in [1.165, 1.54) is 0 Å². The zero-order valence-electron chi connectivity index (χ0n) is 16.3. The van der Waals surface area contributed by atoms with Crippen molar-refractivity contribution in [2.24, 2.45) is 5.41 Å². The van der Waals surface area contributed by atoms with E-state index in [1.807, 2.05) is 34.7 Å². The maximum atomic E-state index is 13.7. The number of aromatic nitrogens is 3. The topological polar surface area (TPSA) is 74.3 Å². The molecule has 8 heteroatoms. The molecule has 1 fully saturated rings. The number of hydrogen-bond donors (Lipinski definition) is 1. The summed E-state index contributed by atoms with van der Waals surface area (Å²) in [7, 11) is 1.67. The Balaban J connectivity index is 1.40. The Morgan fingerprint density at radius 3 is 3.03 bits per heavy atom. The van der Waals surface area contributed by atoms with E-state index in [4.69, 9.17) is 4.74 Å². The van der Waals surface area contributed by atoms with Crippen LogP contribution in [-0.2, 0) is 24.2 Å². The average molecular weight is 410 g/mol. The van der Waals surface area contributed by atoms with E-state index in [9.17, 15) is 4.79 Å². The minimum Gasteiger partial charge on any atom is -0.497 e. The molecule has 150 valence electrons. The number of anilines is 1. The van der Waals surface area contributed by atoms with Gasteiger partial charge in [0.05, 0.1) is 36.8 Å². The first-order chi connectivity index (χ1) is 14.2. The van der Waals surface area contributed by atoms with Crippen LogP contribution in [0.1, 0.15) is 17.0 Å². The van der Waals surface area contributed by atoms with Gasteiger partial charge >= 0.3 is 0 Å². The number of ether oxygens (including phenoxy) is 1. The van der Waals surface area contributed by atoms with Crippen LogP contribution in [0.15, 0.2) is 42.2 Å². The first kappa shape index (κ1) is 18.2. The molecule has 4 heterocycles. The number of nitrogens with zero attached hydrogens (tertiary/aromatic N) is 4. The van der Waals surface area contributed by atoms with Gasteiger partial charge in [-0.2, -0.15) is 0 Å². The van der Waals surface area contributed by atoms with Gasteiger partial charge in [0, 0.05) is 37.6 Å². The molecule has 1 aromatic carbocycles. The minimum absolute atomic E-state index is 0.216. The lowest BCUT2D eigenvalue weighted by Crippen LogP contribution is -2.65. The van der Waals surface area contributed by atoms with Gasteiger partial charge in [0.1, 0.15) is 5.75 Å². The largest absolute Gasteiger partial charge is 0.497 e. The molecular weight excluding hydrogens is 386 g/mol. The summed E-state index contributed by atoms with van der Waals surface area (Å²) in [4.78, 5) is 29.9. The van der Waals surface area contributed by atoms with E-state index in [1.54, 1.807) is 24.8 Å². The molecule has 0 saturated carbocycles. The Hall–Kier alpha value is -2.87. The lowest BCUT2D eigenvalue weighted by atomic mass is 9.73. The molecule has 0 aliphatic carbocycles. The van der Waals surface area contributed by atoms with Gasteiger partial charge in [-0.05, 0) is 24.1 Å².